The maximum absolute atomic E-state index is 12.5. The van der Waals surface area contributed by atoms with Gasteiger partial charge in [-0.3, -0.25) is 0 Å². The van der Waals surface area contributed by atoms with Gasteiger partial charge in [-0.25, -0.2) is 18.4 Å². The van der Waals surface area contributed by atoms with Crippen LogP contribution in [0.2, 0.25) is 0 Å². The minimum absolute atomic E-state index is 0.0313. The molecule has 0 aliphatic carbocycles. The van der Waals surface area contributed by atoms with Crippen molar-refractivity contribution >= 4 is 20.7 Å². The fourth-order valence-corrected chi connectivity index (χ4v) is 3.25. The molecule has 0 unspecified atom stereocenters. The Morgan fingerprint density at radius 1 is 1.05 bits per heavy atom. The number of benzene rings is 1. The van der Waals surface area contributed by atoms with Gasteiger partial charge in [0.05, 0.1) is 24.1 Å². The predicted molar refractivity (Wildman–Crippen MR) is 81.2 cm³/mol. The fraction of sp³-hybridized carbons (Fsp3) is 0.133. The lowest BCUT2D eigenvalue weighted by atomic mass is 10.2. The second kappa shape index (κ2) is 5.69. The lowest BCUT2D eigenvalue weighted by Crippen LogP contribution is -2.09. The van der Waals surface area contributed by atoms with Crippen molar-refractivity contribution in [1.29, 1.82) is 0 Å². The van der Waals surface area contributed by atoms with Crippen LogP contribution in [0.5, 0.6) is 6.01 Å². The average Bonchev–Trinajstić information content (AvgIpc) is 2.54. The number of hydrogen-bond donors (Lipinski definition) is 0. The van der Waals surface area contributed by atoms with Gasteiger partial charge in [0.15, 0.2) is 5.03 Å². The summed E-state index contributed by atoms with van der Waals surface area (Å²) in [6.45, 7) is 0. The van der Waals surface area contributed by atoms with Gasteiger partial charge in [0.1, 0.15) is 0 Å². The van der Waals surface area contributed by atoms with Gasteiger partial charge in [-0.15, -0.1) is 0 Å². The van der Waals surface area contributed by atoms with E-state index in [1.807, 2.05) is 18.2 Å². The van der Waals surface area contributed by atoms with Gasteiger partial charge in [0, 0.05) is 11.6 Å². The molecule has 7 heteroatoms. The van der Waals surface area contributed by atoms with Gasteiger partial charge >= 0.3 is 6.01 Å². The highest BCUT2D eigenvalue weighted by Gasteiger charge is 2.18. The normalized spacial score (nSPS) is 11.5. The van der Waals surface area contributed by atoms with Gasteiger partial charge in [-0.05, 0) is 24.3 Å². The second-order valence-corrected chi connectivity index (χ2v) is 6.57. The number of rotatable bonds is 4. The van der Waals surface area contributed by atoms with Gasteiger partial charge in [0.2, 0.25) is 9.84 Å². The van der Waals surface area contributed by atoms with Crippen molar-refractivity contribution in [3.63, 3.8) is 0 Å². The molecule has 0 fully saturated rings. The topological polar surface area (TPSA) is 82.0 Å². The summed E-state index contributed by atoms with van der Waals surface area (Å²) >= 11 is 0. The van der Waals surface area contributed by atoms with E-state index in [4.69, 9.17) is 4.74 Å². The molecule has 0 aliphatic rings. The lowest BCUT2D eigenvalue weighted by molar-refractivity contribution is 0.378. The minimum atomic E-state index is -3.59. The third kappa shape index (κ3) is 2.89. The fourth-order valence-electron chi connectivity index (χ4n) is 2.04. The summed E-state index contributed by atoms with van der Waals surface area (Å²) in [6, 6.07) is 12.3. The van der Waals surface area contributed by atoms with Crippen molar-refractivity contribution in [3.05, 3.63) is 54.4 Å². The first-order chi connectivity index (χ1) is 10.6. The smallest absolute Gasteiger partial charge is 0.316 e. The van der Waals surface area contributed by atoms with E-state index in [2.05, 4.69) is 15.0 Å². The molecule has 0 radical (unpaired) electrons. The predicted octanol–water partition coefficient (Wildman–Crippen LogP) is 2.01. The van der Waals surface area contributed by atoms with Crippen LogP contribution in [0.3, 0.4) is 0 Å². The number of aromatic nitrogens is 3. The number of pyridine rings is 1. The molecule has 2 aromatic heterocycles. The SMILES string of the molecule is COc1nccc(CS(=O)(=O)c2ccc3ccccc3n2)n1. The summed E-state index contributed by atoms with van der Waals surface area (Å²) < 4.78 is 29.9. The zero-order valence-corrected chi connectivity index (χ0v) is 12.6. The summed E-state index contributed by atoms with van der Waals surface area (Å²) in [5.74, 6) is -0.253. The van der Waals surface area contributed by atoms with E-state index >= 15 is 0 Å². The molecule has 0 saturated carbocycles. The van der Waals surface area contributed by atoms with Crippen molar-refractivity contribution in [2.45, 2.75) is 10.8 Å². The summed E-state index contributed by atoms with van der Waals surface area (Å²) in [5.41, 5.74) is 1.01. The van der Waals surface area contributed by atoms with Crippen LogP contribution in [-0.4, -0.2) is 30.5 Å². The number of nitrogens with zero attached hydrogens (tertiary/aromatic N) is 3. The van der Waals surface area contributed by atoms with Crippen molar-refractivity contribution in [3.8, 4) is 6.01 Å². The molecule has 6 nitrogen and oxygen atoms in total. The number of hydrogen-bond acceptors (Lipinski definition) is 6. The molecule has 3 aromatic rings. The molecule has 0 saturated heterocycles. The minimum Gasteiger partial charge on any atom is -0.467 e. The maximum Gasteiger partial charge on any atom is 0.316 e. The molecule has 0 amide bonds. The number of fused-ring (bicyclic) bond motifs is 1. The van der Waals surface area contributed by atoms with Crippen LogP contribution in [0.25, 0.3) is 10.9 Å². The Kier molecular flexibility index (Phi) is 3.72. The van der Waals surface area contributed by atoms with E-state index in [1.165, 1.54) is 19.4 Å². The van der Waals surface area contributed by atoms with Crippen LogP contribution < -0.4 is 4.74 Å². The highest BCUT2D eigenvalue weighted by Crippen LogP contribution is 2.18. The van der Waals surface area contributed by atoms with Crippen LogP contribution >= 0.6 is 0 Å². The second-order valence-electron chi connectivity index (χ2n) is 4.64. The highest BCUT2D eigenvalue weighted by molar-refractivity contribution is 7.90. The molecule has 0 spiro atoms. The Labute approximate surface area is 127 Å². The van der Waals surface area contributed by atoms with Crippen molar-refractivity contribution in [2.24, 2.45) is 0 Å². The lowest BCUT2D eigenvalue weighted by Gasteiger charge is -2.05. The molecular formula is C15H13N3O3S. The molecule has 22 heavy (non-hydrogen) atoms. The molecule has 3 rings (SSSR count). The van der Waals surface area contributed by atoms with Gasteiger partial charge in [0.25, 0.3) is 0 Å². The Morgan fingerprint density at radius 2 is 1.86 bits per heavy atom. The first-order valence-electron chi connectivity index (χ1n) is 6.53. The summed E-state index contributed by atoms with van der Waals surface area (Å²) in [7, 11) is -2.16. The Morgan fingerprint density at radius 3 is 2.68 bits per heavy atom. The molecule has 0 atom stereocenters. The van der Waals surface area contributed by atoms with Crippen LogP contribution in [0.15, 0.2) is 53.7 Å². The van der Waals surface area contributed by atoms with Gasteiger partial charge < -0.3 is 4.74 Å². The first-order valence-corrected chi connectivity index (χ1v) is 8.18. The zero-order chi connectivity index (χ0) is 15.6. The van der Waals surface area contributed by atoms with Crippen LogP contribution in [0, 0.1) is 0 Å². The Bertz CT molecular complexity index is 926. The highest BCUT2D eigenvalue weighted by atomic mass is 32.2. The van der Waals surface area contributed by atoms with E-state index in [1.54, 1.807) is 18.2 Å². The third-order valence-corrected chi connectivity index (χ3v) is 4.64. The Hall–Kier alpha value is -2.54. The average molecular weight is 315 g/mol. The first kappa shape index (κ1) is 14.4. The molecule has 0 bridgehead atoms. The third-order valence-electron chi connectivity index (χ3n) is 3.10. The Balaban J connectivity index is 1.96. The molecule has 2 heterocycles. The van der Waals surface area contributed by atoms with E-state index in [0.29, 0.717) is 11.2 Å². The summed E-state index contributed by atoms with van der Waals surface area (Å²) in [4.78, 5) is 12.1. The molecular weight excluding hydrogens is 302 g/mol. The molecule has 1 aromatic carbocycles. The maximum atomic E-state index is 12.5. The standard InChI is InChI=1S/C15H13N3O3S/c1-21-15-16-9-8-12(17-15)10-22(19,20)14-7-6-11-4-2-3-5-13(11)18-14/h2-9H,10H2,1H3. The summed E-state index contributed by atoms with van der Waals surface area (Å²) in [6.07, 6.45) is 1.46. The van der Waals surface area contributed by atoms with Crippen LogP contribution in [-0.2, 0) is 15.6 Å². The molecule has 112 valence electrons. The van der Waals surface area contributed by atoms with Crippen molar-refractivity contribution in [2.75, 3.05) is 7.11 Å². The number of sulfone groups is 1. The quantitative estimate of drug-likeness (QED) is 0.732. The molecule has 0 N–H and O–H groups in total. The number of methoxy groups -OCH3 is 1. The van der Waals surface area contributed by atoms with Gasteiger partial charge in [-0.2, -0.15) is 4.98 Å². The molecule has 0 aliphatic heterocycles. The monoisotopic (exact) mass is 315 g/mol. The van der Waals surface area contributed by atoms with Crippen LogP contribution in [0.4, 0.5) is 0 Å². The number of para-hydroxylation sites is 1. The van der Waals surface area contributed by atoms with Crippen molar-refractivity contribution in [1.82, 2.24) is 15.0 Å². The van der Waals surface area contributed by atoms with E-state index in [0.717, 1.165) is 5.39 Å². The van der Waals surface area contributed by atoms with Crippen LogP contribution in [0.1, 0.15) is 5.69 Å². The van der Waals surface area contributed by atoms with E-state index in [-0.39, 0.29) is 16.8 Å². The van der Waals surface area contributed by atoms with E-state index in [9.17, 15) is 8.42 Å². The van der Waals surface area contributed by atoms with E-state index < -0.39 is 9.84 Å². The largest absolute Gasteiger partial charge is 0.467 e. The van der Waals surface area contributed by atoms with Crippen molar-refractivity contribution < 1.29 is 13.2 Å². The zero-order valence-electron chi connectivity index (χ0n) is 11.8. The number of ether oxygens (including phenoxy) is 1. The summed E-state index contributed by atoms with van der Waals surface area (Å²) in [5, 5.41) is 0.925. The van der Waals surface area contributed by atoms with Gasteiger partial charge in [-0.1, -0.05) is 18.2 Å².